The van der Waals surface area contributed by atoms with Gasteiger partial charge in [-0.25, -0.2) is 9.97 Å². The van der Waals surface area contributed by atoms with Crippen molar-refractivity contribution in [2.75, 3.05) is 11.9 Å². The Labute approximate surface area is 106 Å². The highest BCUT2D eigenvalue weighted by molar-refractivity contribution is 9.10. The van der Waals surface area contributed by atoms with Gasteiger partial charge in [0.15, 0.2) is 0 Å². The van der Waals surface area contributed by atoms with Gasteiger partial charge in [-0.3, -0.25) is 4.79 Å². The van der Waals surface area contributed by atoms with Gasteiger partial charge in [0.2, 0.25) is 0 Å². The van der Waals surface area contributed by atoms with Gasteiger partial charge in [-0.15, -0.1) is 0 Å². The number of anilines is 1. The smallest absolute Gasteiger partial charge is 0.267 e. The van der Waals surface area contributed by atoms with E-state index >= 15 is 0 Å². The summed E-state index contributed by atoms with van der Waals surface area (Å²) in [5.74, 6) is 1.53. The van der Waals surface area contributed by atoms with E-state index in [1.165, 1.54) is 6.33 Å². The molecule has 0 fully saturated rings. The fourth-order valence-corrected chi connectivity index (χ4v) is 1.79. The number of H-pyrrole nitrogens is 1. The first-order chi connectivity index (χ1) is 8.18. The summed E-state index contributed by atoms with van der Waals surface area (Å²) in [6, 6.07) is 0. The highest BCUT2D eigenvalue weighted by Gasteiger charge is 2.05. The van der Waals surface area contributed by atoms with E-state index in [1.54, 1.807) is 6.20 Å². The van der Waals surface area contributed by atoms with Gasteiger partial charge in [-0.2, -0.15) is 0 Å². The summed E-state index contributed by atoms with van der Waals surface area (Å²) in [7, 11) is 1.95. The zero-order valence-electron chi connectivity index (χ0n) is 9.27. The summed E-state index contributed by atoms with van der Waals surface area (Å²) in [6.07, 6.45) is 5.80. The normalized spacial score (nSPS) is 10.5. The molecule has 0 aliphatic carbocycles. The van der Waals surface area contributed by atoms with Crippen molar-refractivity contribution in [3.05, 3.63) is 39.4 Å². The highest BCUT2D eigenvalue weighted by Crippen LogP contribution is 2.12. The molecule has 0 radical (unpaired) electrons. The lowest BCUT2D eigenvalue weighted by Gasteiger charge is -2.06. The minimum absolute atomic E-state index is 0.195. The van der Waals surface area contributed by atoms with Crippen molar-refractivity contribution in [1.29, 1.82) is 0 Å². The predicted molar refractivity (Wildman–Crippen MR) is 68.0 cm³/mol. The molecule has 0 atom stereocenters. The quantitative estimate of drug-likeness (QED) is 0.880. The molecule has 0 unspecified atom stereocenters. The monoisotopic (exact) mass is 297 g/mol. The van der Waals surface area contributed by atoms with E-state index in [9.17, 15) is 4.79 Å². The molecule has 6 nitrogen and oxygen atoms in total. The molecule has 90 valence electrons. The van der Waals surface area contributed by atoms with E-state index in [-0.39, 0.29) is 5.56 Å². The third kappa shape index (κ3) is 2.73. The van der Waals surface area contributed by atoms with Crippen LogP contribution in [0.1, 0.15) is 5.82 Å². The van der Waals surface area contributed by atoms with Crippen LogP contribution in [0.5, 0.6) is 0 Å². The Kier molecular flexibility index (Phi) is 3.58. The first-order valence-corrected chi connectivity index (χ1v) is 5.91. The Bertz CT molecular complexity index is 562. The zero-order valence-corrected chi connectivity index (χ0v) is 10.9. The molecule has 0 aliphatic heterocycles. The van der Waals surface area contributed by atoms with Crippen LogP contribution >= 0.6 is 15.9 Å². The molecule has 0 bridgehead atoms. The van der Waals surface area contributed by atoms with Gasteiger partial charge < -0.3 is 14.9 Å². The van der Waals surface area contributed by atoms with Crippen molar-refractivity contribution in [3.63, 3.8) is 0 Å². The Morgan fingerprint density at radius 1 is 1.53 bits per heavy atom. The van der Waals surface area contributed by atoms with Crippen molar-refractivity contribution in [2.24, 2.45) is 7.05 Å². The van der Waals surface area contributed by atoms with Crippen molar-refractivity contribution in [1.82, 2.24) is 19.5 Å². The average molecular weight is 298 g/mol. The largest absolute Gasteiger partial charge is 0.368 e. The minimum Gasteiger partial charge on any atom is -0.368 e. The van der Waals surface area contributed by atoms with E-state index < -0.39 is 0 Å². The maximum Gasteiger partial charge on any atom is 0.267 e. The topological polar surface area (TPSA) is 75.6 Å². The second kappa shape index (κ2) is 5.13. The maximum atomic E-state index is 11.3. The molecule has 0 amide bonds. The SMILES string of the molecule is Cn1ccnc1CCNc1nc[nH]c(=O)c1Br. The summed E-state index contributed by atoms with van der Waals surface area (Å²) in [5.41, 5.74) is -0.195. The van der Waals surface area contributed by atoms with Crippen LogP contribution < -0.4 is 10.9 Å². The molecular weight excluding hydrogens is 286 g/mol. The molecule has 2 rings (SSSR count). The molecule has 2 N–H and O–H groups in total. The average Bonchev–Trinajstić information content (AvgIpc) is 2.71. The van der Waals surface area contributed by atoms with Crippen molar-refractivity contribution in [2.45, 2.75) is 6.42 Å². The molecule has 0 aliphatic rings. The van der Waals surface area contributed by atoms with Gasteiger partial charge in [-0.1, -0.05) is 0 Å². The van der Waals surface area contributed by atoms with Crippen LogP contribution in [0.15, 0.2) is 28.0 Å². The maximum absolute atomic E-state index is 11.3. The van der Waals surface area contributed by atoms with E-state index in [2.05, 4.69) is 36.2 Å². The minimum atomic E-state index is -0.195. The van der Waals surface area contributed by atoms with Crippen molar-refractivity contribution >= 4 is 21.7 Å². The first-order valence-electron chi connectivity index (χ1n) is 5.11. The number of aryl methyl sites for hydroxylation is 1. The number of halogens is 1. The summed E-state index contributed by atoms with van der Waals surface area (Å²) < 4.78 is 2.38. The molecule has 0 saturated heterocycles. The number of nitrogens with zero attached hydrogens (tertiary/aromatic N) is 3. The lowest BCUT2D eigenvalue weighted by atomic mass is 10.4. The number of aromatic amines is 1. The Morgan fingerprint density at radius 3 is 3.06 bits per heavy atom. The van der Waals surface area contributed by atoms with E-state index in [0.717, 1.165) is 12.2 Å². The fourth-order valence-electron chi connectivity index (χ4n) is 1.44. The highest BCUT2D eigenvalue weighted by atomic mass is 79.9. The van der Waals surface area contributed by atoms with Crippen LogP contribution in [0.25, 0.3) is 0 Å². The first kappa shape index (κ1) is 11.8. The number of aromatic nitrogens is 4. The lowest BCUT2D eigenvalue weighted by Crippen LogP contribution is -2.14. The van der Waals surface area contributed by atoms with Crippen LogP contribution in [0.3, 0.4) is 0 Å². The van der Waals surface area contributed by atoms with Crippen LogP contribution in [-0.2, 0) is 13.5 Å². The zero-order chi connectivity index (χ0) is 12.3. The van der Waals surface area contributed by atoms with Gasteiger partial charge in [0.1, 0.15) is 16.1 Å². The van der Waals surface area contributed by atoms with E-state index in [0.29, 0.717) is 16.8 Å². The Hall–Kier alpha value is -1.63. The van der Waals surface area contributed by atoms with Gasteiger partial charge >= 0.3 is 0 Å². The third-order valence-corrected chi connectivity index (χ3v) is 3.09. The Morgan fingerprint density at radius 2 is 2.35 bits per heavy atom. The number of imidazole rings is 1. The van der Waals surface area contributed by atoms with Crippen LogP contribution in [-0.4, -0.2) is 26.1 Å². The van der Waals surface area contributed by atoms with Gasteiger partial charge in [0.25, 0.3) is 5.56 Å². The molecule has 17 heavy (non-hydrogen) atoms. The molecule has 2 aromatic heterocycles. The number of rotatable bonds is 4. The summed E-state index contributed by atoms with van der Waals surface area (Å²) >= 11 is 3.18. The van der Waals surface area contributed by atoms with E-state index in [4.69, 9.17) is 0 Å². The standard InChI is InChI=1S/C10H12BrN5O/c1-16-5-4-12-7(16)2-3-13-9-8(11)10(17)15-6-14-9/h4-6H,2-3H2,1H3,(H2,13,14,15,17). The molecule has 0 spiro atoms. The summed E-state index contributed by atoms with van der Waals surface area (Å²) in [4.78, 5) is 22.0. The number of nitrogens with one attached hydrogen (secondary N) is 2. The van der Waals surface area contributed by atoms with Gasteiger partial charge in [0, 0.05) is 32.4 Å². The number of hydrogen-bond donors (Lipinski definition) is 2. The molecular formula is C10H12BrN5O. The number of hydrogen-bond acceptors (Lipinski definition) is 4. The lowest BCUT2D eigenvalue weighted by molar-refractivity contribution is 0.788. The molecule has 7 heteroatoms. The predicted octanol–water partition coefficient (Wildman–Crippen LogP) is 0.920. The molecule has 0 saturated carbocycles. The van der Waals surface area contributed by atoms with Crippen LogP contribution in [0.4, 0.5) is 5.82 Å². The third-order valence-electron chi connectivity index (χ3n) is 2.36. The van der Waals surface area contributed by atoms with E-state index in [1.807, 2.05) is 17.8 Å². The summed E-state index contributed by atoms with van der Waals surface area (Å²) in [5, 5.41) is 3.09. The molecule has 2 aromatic rings. The van der Waals surface area contributed by atoms with Gasteiger partial charge in [-0.05, 0) is 15.9 Å². The van der Waals surface area contributed by atoms with Crippen LogP contribution in [0, 0.1) is 0 Å². The van der Waals surface area contributed by atoms with Gasteiger partial charge in [0.05, 0.1) is 6.33 Å². The van der Waals surface area contributed by atoms with Crippen molar-refractivity contribution < 1.29 is 0 Å². The second-order valence-electron chi connectivity index (χ2n) is 3.53. The second-order valence-corrected chi connectivity index (χ2v) is 4.32. The molecule has 2 heterocycles. The van der Waals surface area contributed by atoms with Crippen LogP contribution in [0.2, 0.25) is 0 Å². The Balaban J connectivity index is 1.97. The summed E-state index contributed by atoms with van der Waals surface area (Å²) in [6.45, 7) is 0.667. The van der Waals surface area contributed by atoms with Crippen molar-refractivity contribution in [3.8, 4) is 0 Å². The fraction of sp³-hybridized carbons (Fsp3) is 0.300. The molecule has 0 aromatic carbocycles.